The van der Waals surface area contributed by atoms with Gasteiger partial charge < -0.3 is 5.11 Å². The van der Waals surface area contributed by atoms with Gasteiger partial charge in [0, 0.05) is 16.6 Å². The van der Waals surface area contributed by atoms with Crippen LogP contribution in [-0.4, -0.2) is 16.1 Å². The van der Waals surface area contributed by atoms with Crippen LogP contribution in [0.1, 0.15) is 54.9 Å². The SMILES string of the molecule is CC(=O)c1cc(F)cc(CSC2CCCCC2)c1O. The molecule has 1 aromatic rings. The van der Waals surface area contributed by atoms with E-state index < -0.39 is 5.82 Å². The van der Waals surface area contributed by atoms with Crippen LogP contribution in [0.3, 0.4) is 0 Å². The van der Waals surface area contributed by atoms with Crippen LogP contribution in [0.15, 0.2) is 12.1 Å². The van der Waals surface area contributed by atoms with Gasteiger partial charge in [-0.2, -0.15) is 11.8 Å². The zero-order chi connectivity index (χ0) is 13.8. The van der Waals surface area contributed by atoms with Crippen LogP contribution < -0.4 is 0 Å². The van der Waals surface area contributed by atoms with Gasteiger partial charge in [0.2, 0.25) is 0 Å². The molecule has 0 amide bonds. The number of ketones is 1. The molecular weight excluding hydrogens is 263 g/mol. The molecule has 1 N–H and O–H groups in total. The summed E-state index contributed by atoms with van der Waals surface area (Å²) in [5.74, 6) is -0.255. The second-order valence-electron chi connectivity index (χ2n) is 5.09. The Morgan fingerprint density at radius 2 is 2.05 bits per heavy atom. The molecule has 0 atom stereocenters. The van der Waals surface area contributed by atoms with E-state index in [1.807, 2.05) is 0 Å². The van der Waals surface area contributed by atoms with Gasteiger partial charge in [0.1, 0.15) is 11.6 Å². The van der Waals surface area contributed by atoms with Crippen molar-refractivity contribution in [3.63, 3.8) is 0 Å². The maximum Gasteiger partial charge on any atom is 0.163 e. The van der Waals surface area contributed by atoms with Gasteiger partial charge in [0.05, 0.1) is 5.56 Å². The predicted molar refractivity (Wildman–Crippen MR) is 76.2 cm³/mol. The topological polar surface area (TPSA) is 37.3 Å². The van der Waals surface area contributed by atoms with Gasteiger partial charge in [0.15, 0.2) is 5.78 Å². The average Bonchev–Trinajstić information content (AvgIpc) is 2.40. The highest BCUT2D eigenvalue weighted by molar-refractivity contribution is 7.99. The molecule has 0 bridgehead atoms. The molecule has 1 aliphatic carbocycles. The van der Waals surface area contributed by atoms with E-state index in [1.165, 1.54) is 45.1 Å². The quantitative estimate of drug-likeness (QED) is 0.837. The monoisotopic (exact) mass is 282 g/mol. The van der Waals surface area contributed by atoms with Gasteiger partial charge in [-0.05, 0) is 31.9 Å². The number of halogens is 1. The molecule has 2 nitrogen and oxygen atoms in total. The summed E-state index contributed by atoms with van der Waals surface area (Å²) in [6.07, 6.45) is 6.20. The summed E-state index contributed by atoms with van der Waals surface area (Å²) in [4.78, 5) is 11.3. The Labute approximate surface area is 117 Å². The molecule has 4 heteroatoms. The molecule has 0 aromatic heterocycles. The van der Waals surface area contributed by atoms with E-state index in [-0.39, 0.29) is 17.1 Å². The second kappa shape index (κ2) is 6.42. The van der Waals surface area contributed by atoms with Crippen LogP contribution in [0, 0.1) is 5.82 Å². The lowest BCUT2D eigenvalue weighted by Gasteiger charge is -2.21. The Balaban J connectivity index is 2.08. The summed E-state index contributed by atoms with van der Waals surface area (Å²) in [7, 11) is 0. The number of benzene rings is 1. The maximum absolute atomic E-state index is 13.5. The minimum atomic E-state index is -0.456. The number of rotatable bonds is 4. The van der Waals surface area contributed by atoms with Crippen molar-refractivity contribution in [3.05, 3.63) is 29.1 Å². The zero-order valence-corrected chi connectivity index (χ0v) is 11.9. The normalized spacial score (nSPS) is 16.5. The third-order valence-corrected chi connectivity index (χ3v) is 4.98. The molecule has 0 unspecified atom stereocenters. The number of phenolic OH excluding ortho intramolecular Hbond substituents is 1. The van der Waals surface area contributed by atoms with Crippen molar-refractivity contribution in [1.29, 1.82) is 0 Å². The van der Waals surface area contributed by atoms with E-state index in [1.54, 1.807) is 11.8 Å². The molecule has 104 valence electrons. The minimum absolute atomic E-state index is 0.0581. The summed E-state index contributed by atoms with van der Waals surface area (Å²) in [5, 5.41) is 10.6. The van der Waals surface area contributed by atoms with Crippen molar-refractivity contribution >= 4 is 17.5 Å². The summed E-state index contributed by atoms with van der Waals surface area (Å²) in [6.45, 7) is 1.34. The third-order valence-electron chi connectivity index (χ3n) is 3.56. The highest BCUT2D eigenvalue weighted by atomic mass is 32.2. The molecule has 1 aliphatic rings. The fourth-order valence-corrected chi connectivity index (χ4v) is 3.78. The smallest absolute Gasteiger partial charge is 0.163 e. The first-order valence-electron chi connectivity index (χ1n) is 6.72. The number of hydrogen-bond donors (Lipinski definition) is 1. The van der Waals surface area contributed by atoms with Crippen molar-refractivity contribution in [2.45, 2.75) is 50.0 Å². The van der Waals surface area contributed by atoms with E-state index in [9.17, 15) is 14.3 Å². The first-order chi connectivity index (χ1) is 9.08. The molecule has 0 aliphatic heterocycles. The average molecular weight is 282 g/mol. The van der Waals surface area contributed by atoms with E-state index in [0.717, 1.165) is 6.07 Å². The third kappa shape index (κ3) is 3.72. The highest BCUT2D eigenvalue weighted by Gasteiger charge is 2.17. The number of Topliss-reactive ketones (excluding diaryl/α,β-unsaturated/α-hetero) is 1. The van der Waals surface area contributed by atoms with Gasteiger partial charge in [-0.15, -0.1) is 0 Å². The molecule has 1 aromatic carbocycles. The maximum atomic E-state index is 13.5. The highest BCUT2D eigenvalue weighted by Crippen LogP contribution is 2.34. The molecule has 19 heavy (non-hydrogen) atoms. The van der Waals surface area contributed by atoms with Crippen LogP contribution in [0.25, 0.3) is 0 Å². The van der Waals surface area contributed by atoms with E-state index >= 15 is 0 Å². The molecule has 1 saturated carbocycles. The van der Waals surface area contributed by atoms with Crippen molar-refractivity contribution in [2.24, 2.45) is 0 Å². The van der Waals surface area contributed by atoms with E-state index in [2.05, 4.69) is 0 Å². The molecule has 0 saturated heterocycles. The van der Waals surface area contributed by atoms with Gasteiger partial charge >= 0.3 is 0 Å². The van der Waals surface area contributed by atoms with E-state index in [0.29, 0.717) is 16.6 Å². The summed E-state index contributed by atoms with van der Waals surface area (Å²) >= 11 is 1.76. The van der Waals surface area contributed by atoms with Crippen molar-refractivity contribution < 1.29 is 14.3 Å². The largest absolute Gasteiger partial charge is 0.507 e. The summed E-state index contributed by atoms with van der Waals surface area (Å²) in [5.41, 5.74) is 0.611. The number of hydrogen-bond acceptors (Lipinski definition) is 3. The van der Waals surface area contributed by atoms with Crippen LogP contribution in [-0.2, 0) is 5.75 Å². The molecule has 0 radical (unpaired) electrons. The van der Waals surface area contributed by atoms with Crippen LogP contribution in [0.5, 0.6) is 5.75 Å². The van der Waals surface area contributed by atoms with Gasteiger partial charge in [-0.3, -0.25) is 4.79 Å². The van der Waals surface area contributed by atoms with Crippen LogP contribution >= 0.6 is 11.8 Å². The van der Waals surface area contributed by atoms with Crippen molar-refractivity contribution in [2.75, 3.05) is 0 Å². The standard InChI is InChI=1S/C15H19FO2S/c1-10(17)14-8-12(16)7-11(15(14)18)9-19-13-5-3-2-4-6-13/h7-8,13,18H,2-6,9H2,1H3. The summed E-state index contributed by atoms with van der Waals surface area (Å²) < 4.78 is 13.5. The van der Waals surface area contributed by atoms with Gasteiger partial charge in [-0.1, -0.05) is 19.3 Å². The van der Waals surface area contributed by atoms with Crippen LogP contribution in [0.4, 0.5) is 4.39 Å². The molecule has 1 fully saturated rings. The number of thioether (sulfide) groups is 1. The Kier molecular flexibility index (Phi) is 4.86. The first kappa shape index (κ1) is 14.4. The van der Waals surface area contributed by atoms with Crippen molar-refractivity contribution in [3.8, 4) is 5.75 Å². The number of aromatic hydroxyl groups is 1. The zero-order valence-electron chi connectivity index (χ0n) is 11.1. The lowest BCUT2D eigenvalue weighted by Crippen LogP contribution is -2.08. The van der Waals surface area contributed by atoms with Crippen molar-refractivity contribution in [1.82, 2.24) is 0 Å². The lowest BCUT2D eigenvalue weighted by molar-refractivity contribution is 0.101. The first-order valence-corrected chi connectivity index (χ1v) is 7.76. The minimum Gasteiger partial charge on any atom is -0.507 e. The predicted octanol–water partition coefficient (Wildman–Crippen LogP) is 4.30. The number of carbonyl (C=O) groups excluding carboxylic acids is 1. The second-order valence-corrected chi connectivity index (χ2v) is 6.38. The number of phenols is 1. The van der Waals surface area contributed by atoms with Gasteiger partial charge in [0.25, 0.3) is 0 Å². The van der Waals surface area contributed by atoms with Crippen LogP contribution in [0.2, 0.25) is 0 Å². The fourth-order valence-electron chi connectivity index (χ4n) is 2.47. The lowest BCUT2D eigenvalue weighted by atomic mass is 10.0. The summed E-state index contributed by atoms with van der Waals surface area (Å²) in [6, 6.07) is 2.43. The number of carbonyl (C=O) groups is 1. The van der Waals surface area contributed by atoms with E-state index in [4.69, 9.17) is 0 Å². The fraction of sp³-hybridized carbons (Fsp3) is 0.533. The molecule has 0 heterocycles. The Hall–Kier alpha value is -1.03. The Bertz CT molecular complexity index is 467. The Morgan fingerprint density at radius 1 is 1.37 bits per heavy atom. The molecule has 0 spiro atoms. The molecular formula is C15H19FO2S. The van der Waals surface area contributed by atoms with Gasteiger partial charge in [-0.25, -0.2) is 4.39 Å². The molecule has 2 rings (SSSR count). The Morgan fingerprint density at radius 3 is 2.68 bits per heavy atom.